The Bertz CT molecular complexity index is 749. The summed E-state index contributed by atoms with van der Waals surface area (Å²) in [4.78, 5) is 8.59. The molecule has 0 saturated heterocycles. The lowest BCUT2D eigenvalue weighted by Gasteiger charge is -1.98. The van der Waals surface area contributed by atoms with Crippen LogP contribution in [0.2, 0.25) is 0 Å². The predicted octanol–water partition coefficient (Wildman–Crippen LogP) is 3.45. The van der Waals surface area contributed by atoms with Gasteiger partial charge in [-0.05, 0) is 42.8 Å². The normalized spacial score (nSPS) is 10.7. The summed E-state index contributed by atoms with van der Waals surface area (Å²) in [5, 5.41) is 3.96. The number of hydrogen-bond acceptors (Lipinski definition) is 5. The molecule has 0 aliphatic heterocycles. The quantitative estimate of drug-likeness (QED) is 0.728. The first kappa shape index (κ1) is 12.8. The Morgan fingerprint density at radius 2 is 2.05 bits per heavy atom. The van der Waals surface area contributed by atoms with Crippen LogP contribution < -0.4 is 5.73 Å². The largest absolute Gasteiger partial charge is 0.399 e. The van der Waals surface area contributed by atoms with E-state index in [1.165, 1.54) is 0 Å². The van der Waals surface area contributed by atoms with Crippen LogP contribution in [0.4, 0.5) is 5.69 Å². The van der Waals surface area contributed by atoms with Crippen LogP contribution in [0.3, 0.4) is 0 Å². The maximum Gasteiger partial charge on any atom is 0.258 e. The first-order chi connectivity index (χ1) is 9.61. The molecule has 0 aliphatic rings. The molecule has 2 heterocycles. The van der Waals surface area contributed by atoms with Gasteiger partial charge in [-0.2, -0.15) is 4.98 Å². The average Bonchev–Trinajstić information content (AvgIpc) is 2.87. The van der Waals surface area contributed by atoms with E-state index in [1.807, 2.05) is 31.2 Å². The van der Waals surface area contributed by atoms with Gasteiger partial charge in [0.1, 0.15) is 5.69 Å². The minimum absolute atomic E-state index is 0.413. The zero-order valence-corrected chi connectivity index (χ0v) is 12.3. The third-order valence-corrected chi connectivity index (χ3v) is 3.20. The third kappa shape index (κ3) is 2.55. The van der Waals surface area contributed by atoms with Crippen LogP contribution in [0.5, 0.6) is 0 Å². The number of aryl methyl sites for hydroxylation is 1. The molecule has 2 aromatic heterocycles. The van der Waals surface area contributed by atoms with Gasteiger partial charge in [-0.15, -0.1) is 0 Å². The number of nitrogens with zero attached hydrogens (tertiary/aromatic N) is 3. The maximum atomic E-state index is 5.80. The van der Waals surface area contributed by atoms with Crippen molar-refractivity contribution in [1.29, 1.82) is 0 Å². The van der Waals surface area contributed by atoms with Gasteiger partial charge in [0.25, 0.3) is 5.89 Å². The molecule has 0 fully saturated rings. The number of aromatic nitrogens is 3. The fraction of sp³-hybridized carbons (Fsp3) is 0.0714. The highest BCUT2D eigenvalue weighted by atomic mass is 79.9. The average molecular weight is 331 g/mol. The number of nitrogens with two attached hydrogens (primary N) is 1. The van der Waals surface area contributed by atoms with E-state index in [-0.39, 0.29) is 0 Å². The molecule has 0 radical (unpaired) electrons. The Labute approximate surface area is 124 Å². The van der Waals surface area contributed by atoms with E-state index in [0.29, 0.717) is 23.1 Å². The van der Waals surface area contributed by atoms with Crippen LogP contribution in [0.15, 0.2) is 45.5 Å². The van der Waals surface area contributed by atoms with Crippen molar-refractivity contribution in [3.05, 3.63) is 46.6 Å². The molecule has 0 saturated carbocycles. The topological polar surface area (TPSA) is 77.8 Å². The molecule has 0 unspecified atom stereocenters. The number of anilines is 1. The zero-order valence-electron chi connectivity index (χ0n) is 10.7. The minimum Gasteiger partial charge on any atom is -0.399 e. The number of rotatable bonds is 2. The van der Waals surface area contributed by atoms with Crippen LogP contribution in [-0.2, 0) is 0 Å². The van der Waals surface area contributed by atoms with Crippen LogP contribution in [0.25, 0.3) is 23.0 Å². The summed E-state index contributed by atoms with van der Waals surface area (Å²) in [6.45, 7) is 1.99. The van der Waals surface area contributed by atoms with Gasteiger partial charge in [0, 0.05) is 21.9 Å². The van der Waals surface area contributed by atoms with E-state index < -0.39 is 0 Å². The second-order valence-electron chi connectivity index (χ2n) is 4.41. The highest BCUT2D eigenvalue weighted by Crippen LogP contribution is 2.26. The second kappa shape index (κ2) is 5.05. The van der Waals surface area contributed by atoms with Crippen LogP contribution >= 0.6 is 15.9 Å². The fourth-order valence-corrected chi connectivity index (χ4v) is 2.35. The Kier molecular flexibility index (Phi) is 3.23. The van der Waals surface area contributed by atoms with Crippen molar-refractivity contribution < 1.29 is 4.52 Å². The van der Waals surface area contributed by atoms with Crippen molar-refractivity contribution >= 4 is 21.6 Å². The summed E-state index contributed by atoms with van der Waals surface area (Å²) in [5.41, 5.74) is 8.97. The molecule has 0 spiro atoms. The van der Waals surface area contributed by atoms with Crippen molar-refractivity contribution in [3.8, 4) is 23.0 Å². The van der Waals surface area contributed by atoms with Gasteiger partial charge in [-0.3, -0.25) is 4.98 Å². The molecule has 0 aliphatic carbocycles. The van der Waals surface area contributed by atoms with Gasteiger partial charge in [-0.1, -0.05) is 21.1 Å². The molecule has 1 aromatic carbocycles. The molecule has 0 bridgehead atoms. The maximum absolute atomic E-state index is 5.80. The van der Waals surface area contributed by atoms with Crippen LogP contribution in [0.1, 0.15) is 5.56 Å². The standard InChI is InChI=1S/C14H11BrN4O/c1-8-2-3-17-12(4-8)13-18-14(20-19-13)9-5-10(15)7-11(16)6-9/h2-7H,16H2,1H3. The van der Waals surface area contributed by atoms with Crippen LogP contribution in [-0.4, -0.2) is 15.1 Å². The number of halogens is 1. The first-order valence-corrected chi connectivity index (χ1v) is 6.74. The summed E-state index contributed by atoms with van der Waals surface area (Å²) >= 11 is 3.39. The Hall–Kier alpha value is -2.21. The number of pyridine rings is 1. The number of benzene rings is 1. The molecule has 6 heteroatoms. The Morgan fingerprint density at radius 3 is 2.80 bits per heavy atom. The van der Waals surface area contributed by atoms with Crippen molar-refractivity contribution in [3.63, 3.8) is 0 Å². The Balaban J connectivity index is 2.02. The minimum atomic E-state index is 0.413. The van der Waals surface area contributed by atoms with Gasteiger partial charge in [-0.25, -0.2) is 0 Å². The summed E-state index contributed by atoms with van der Waals surface area (Å²) < 4.78 is 6.14. The second-order valence-corrected chi connectivity index (χ2v) is 5.33. The highest BCUT2D eigenvalue weighted by Gasteiger charge is 2.12. The molecular weight excluding hydrogens is 320 g/mol. The lowest BCUT2D eigenvalue weighted by Crippen LogP contribution is -1.88. The highest BCUT2D eigenvalue weighted by molar-refractivity contribution is 9.10. The predicted molar refractivity (Wildman–Crippen MR) is 79.8 cm³/mol. The molecule has 20 heavy (non-hydrogen) atoms. The number of hydrogen-bond donors (Lipinski definition) is 1. The smallest absolute Gasteiger partial charge is 0.258 e. The van der Waals surface area contributed by atoms with E-state index in [1.54, 1.807) is 12.3 Å². The number of nitrogen functional groups attached to an aromatic ring is 1. The van der Waals surface area contributed by atoms with Gasteiger partial charge >= 0.3 is 0 Å². The first-order valence-electron chi connectivity index (χ1n) is 5.95. The lowest BCUT2D eigenvalue weighted by atomic mass is 10.2. The lowest BCUT2D eigenvalue weighted by molar-refractivity contribution is 0.432. The third-order valence-electron chi connectivity index (χ3n) is 2.74. The van der Waals surface area contributed by atoms with Crippen molar-refractivity contribution in [1.82, 2.24) is 15.1 Å². The van der Waals surface area contributed by atoms with Crippen molar-refractivity contribution in [2.75, 3.05) is 5.73 Å². The monoisotopic (exact) mass is 330 g/mol. The SMILES string of the molecule is Cc1ccnc(-c2noc(-c3cc(N)cc(Br)c3)n2)c1. The van der Waals surface area contributed by atoms with E-state index >= 15 is 0 Å². The van der Waals surface area contributed by atoms with Crippen LogP contribution in [0, 0.1) is 6.92 Å². The van der Waals surface area contributed by atoms with Gasteiger partial charge in [0.15, 0.2) is 0 Å². The summed E-state index contributed by atoms with van der Waals surface area (Å²) in [6.07, 6.45) is 1.72. The van der Waals surface area contributed by atoms with E-state index in [9.17, 15) is 0 Å². The molecule has 100 valence electrons. The molecule has 0 amide bonds. The molecule has 2 N–H and O–H groups in total. The zero-order chi connectivity index (χ0) is 14.1. The van der Waals surface area contributed by atoms with Gasteiger partial charge in [0.05, 0.1) is 0 Å². The summed E-state index contributed by atoms with van der Waals surface area (Å²) in [7, 11) is 0. The molecule has 3 aromatic rings. The molecule has 0 atom stereocenters. The van der Waals surface area contributed by atoms with E-state index in [4.69, 9.17) is 10.3 Å². The molecular formula is C14H11BrN4O. The van der Waals surface area contributed by atoms with Crippen molar-refractivity contribution in [2.45, 2.75) is 6.92 Å². The van der Waals surface area contributed by atoms with E-state index in [2.05, 4.69) is 31.1 Å². The summed E-state index contributed by atoms with van der Waals surface area (Å²) in [6, 6.07) is 9.29. The Morgan fingerprint density at radius 1 is 1.20 bits per heavy atom. The fourth-order valence-electron chi connectivity index (χ4n) is 1.84. The van der Waals surface area contributed by atoms with Crippen molar-refractivity contribution in [2.24, 2.45) is 0 Å². The summed E-state index contributed by atoms with van der Waals surface area (Å²) in [5.74, 6) is 0.874. The molecule has 5 nitrogen and oxygen atoms in total. The van der Waals surface area contributed by atoms with Gasteiger partial charge < -0.3 is 10.3 Å². The van der Waals surface area contributed by atoms with E-state index in [0.717, 1.165) is 15.6 Å². The van der Waals surface area contributed by atoms with Gasteiger partial charge in [0.2, 0.25) is 5.82 Å². The molecule has 3 rings (SSSR count).